The fourth-order valence-corrected chi connectivity index (χ4v) is 2.54. The number of nitro groups is 2. The minimum atomic E-state index is -0.325. The highest BCUT2D eigenvalue weighted by Gasteiger charge is 2.10. The Balaban J connectivity index is 2.09. The summed E-state index contributed by atoms with van der Waals surface area (Å²) < 4.78 is 6.02. The molecule has 7 heteroatoms. The van der Waals surface area contributed by atoms with E-state index in [2.05, 4.69) is 0 Å². The molecule has 0 atom stereocenters. The highest BCUT2D eigenvalue weighted by molar-refractivity contribution is 5.41. The highest BCUT2D eigenvalue weighted by Crippen LogP contribution is 2.29. The van der Waals surface area contributed by atoms with Crippen molar-refractivity contribution in [2.75, 3.05) is 13.1 Å². The largest absolute Gasteiger partial charge is 0.457 e. The van der Waals surface area contributed by atoms with Gasteiger partial charge in [-0.05, 0) is 36.1 Å². The van der Waals surface area contributed by atoms with Crippen molar-refractivity contribution in [2.45, 2.75) is 25.7 Å². The van der Waals surface area contributed by atoms with Gasteiger partial charge in [-0.3, -0.25) is 20.2 Å². The standard InChI is InChI=1S/C18H20N2O5/c21-19(22)13-5-9-15-7-1-3-11-17(15)25-18-12-4-2-8-16(18)10-6-14-20(23)24/h1-4,7-8,11-12H,5-6,9-10,13-14H2. The molecule has 0 saturated heterocycles. The van der Waals surface area contributed by atoms with Crippen LogP contribution in [-0.2, 0) is 12.8 Å². The molecular weight excluding hydrogens is 324 g/mol. The minimum absolute atomic E-state index is 0.0776. The summed E-state index contributed by atoms with van der Waals surface area (Å²) in [5.41, 5.74) is 1.81. The van der Waals surface area contributed by atoms with E-state index in [4.69, 9.17) is 4.74 Å². The van der Waals surface area contributed by atoms with E-state index in [-0.39, 0.29) is 22.9 Å². The first-order valence-corrected chi connectivity index (χ1v) is 8.13. The Morgan fingerprint density at radius 1 is 0.720 bits per heavy atom. The normalized spacial score (nSPS) is 10.4. The Kier molecular flexibility index (Phi) is 6.88. The van der Waals surface area contributed by atoms with Gasteiger partial charge < -0.3 is 4.74 Å². The third-order valence-corrected chi connectivity index (χ3v) is 3.74. The molecular formula is C18H20N2O5. The quantitative estimate of drug-likeness (QED) is 0.481. The van der Waals surface area contributed by atoms with E-state index >= 15 is 0 Å². The lowest BCUT2D eigenvalue weighted by atomic mass is 10.1. The average molecular weight is 344 g/mol. The van der Waals surface area contributed by atoms with Crippen molar-refractivity contribution in [3.63, 3.8) is 0 Å². The van der Waals surface area contributed by atoms with E-state index < -0.39 is 0 Å². The monoisotopic (exact) mass is 344 g/mol. The van der Waals surface area contributed by atoms with Crippen LogP contribution < -0.4 is 4.74 Å². The lowest BCUT2D eigenvalue weighted by molar-refractivity contribution is -0.480. The predicted molar refractivity (Wildman–Crippen MR) is 93.3 cm³/mol. The SMILES string of the molecule is O=[N+]([O-])CCCc1ccccc1Oc1ccccc1CCC[N+](=O)[O-]. The van der Waals surface area contributed by atoms with Crippen LogP contribution in [0.1, 0.15) is 24.0 Å². The van der Waals surface area contributed by atoms with E-state index in [0.29, 0.717) is 37.2 Å². The smallest absolute Gasteiger partial charge is 0.204 e. The molecule has 0 heterocycles. The predicted octanol–water partition coefficient (Wildman–Crippen LogP) is 3.90. The summed E-state index contributed by atoms with van der Waals surface area (Å²) in [7, 11) is 0. The van der Waals surface area contributed by atoms with Gasteiger partial charge in [0.05, 0.1) is 0 Å². The number of para-hydroxylation sites is 2. The molecule has 2 rings (SSSR count). The van der Waals surface area contributed by atoms with Gasteiger partial charge in [0.2, 0.25) is 13.1 Å². The first kappa shape index (κ1) is 18.4. The topological polar surface area (TPSA) is 95.5 Å². The Labute approximate surface area is 145 Å². The van der Waals surface area contributed by atoms with Crippen LogP contribution in [0.3, 0.4) is 0 Å². The van der Waals surface area contributed by atoms with Gasteiger partial charge in [0.15, 0.2) is 0 Å². The summed E-state index contributed by atoms with van der Waals surface area (Å²) >= 11 is 0. The summed E-state index contributed by atoms with van der Waals surface area (Å²) in [5.74, 6) is 1.32. The van der Waals surface area contributed by atoms with Crippen LogP contribution >= 0.6 is 0 Å². The summed E-state index contributed by atoms with van der Waals surface area (Å²) in [6, 6.07) is 14.9. The molecule has 2 aromatic carbocycles. The third kappa shape index (κ3) is 6.21. The Morgan fingerprint density at radius 2 is 1.12 bits per heavy atom. The molecule has 0 N–H and O–H groups in total. The van der Waals surface area contributed by atoms with Crippen molar-refractivity contribution >= 4 is 0 Å². The lowest BCUT2D eigenvalue weighted by Crippen LogP contribution is -2.04. The molecule has 0 radical (unpaired) electrons. The van der Waals surface area contributed by atoms with Crippen LogP contribution in [-0.4, -0.2) is 22.9 Å². The summed E-state index contributed by atoms with van der Waals surface area (Å²) in [6.45, 7) is -0.155. The zero-order valence-corrected chi connectivity index (χ0v) is 13.8. The highest BCUT2D eigenvalue weighted by atomic mass is 16.6. The van der Waals surface area contributed by atoms with Gasteiger partial charge in [-0.25, -0.2) is 0 Å². The summed E-state index contributed by atoms with van der Waals surface area (Å²) in [4.78, 5) is 20.3. The maximum atomic E-state index is 10.5. The molecule has 0 aliphatic heterocycles. The second kappa shape index (κ2) is 9.36. The van der Waals surface area contributed by atoms with Gasteiger partial charge in [0.1, 0.15) is 11.5 Å². The average Bonchev–Trinajstić information content (AvgIpc) is 2.57. The summed E-state index contributed by atoms with van der Waals surface area (Å²) in [5, 5.41) is 21.0. The zero-order valence-electron chi connectivity index (χ0n) is 13.8. The molecule has 0 aliphatic rings. The van der Waals surface area contributed by atoms with Crippen LogP contribution in [0.5, 0.6) is 11.5 Å². The van der Waals surface area contributed by atoms with Gasteiger partial charge in [0, 0.05) is 22.7 Å². The number of rotatable bonds is 10. The molecule has 0 amide bonds. The van der Waals surface area contributed by atoms with E-state index in [9.17, 15) is 20.2 Å². The molecule has 0 aromatic heterocycles. The number of ether oxygens (including phenoxy) is 1. The molecule has 0 spiro atoms. The molecule has 0 fully saturated rings. The maximum absolute atomic E-state index is 10.5. The number of aryl methyl sites for hydroxylation is 2. The first-order valence-electron chi connectivity index (χ1n) is 8.13. The van der Waals surface area contributed by atoms with E-state index in [0.717, 1.165) is 11.1 Å². The number of benzene rings is 2. The van der Waals surface area contributed by atoms with Gasteiger partial charge >= 0.3 is 0 Å². The van der Waals surface area contributed by atoms with Gasteiger partial charge in [-0.1, -0.05) is 36.4 Å². The number of hydrogen-bond acceptors (Lipinski definition) is 5. The van der Waals surface area contributed by atoms with Crippen LogP contribution in [0.4, 0.5) is 0 Å². The van der Waals surface area contributed by atoms with Crippen LogP contribution in [0.15, 0.2) is 48.5 Å². The second-order valence-electron chi connectivity index (χ2n) is 5.64. The second-order valence-corrected chi connectivity index (χ2v) is 5.64. The molecule has 0 aliphatic carbocycles. The number of hydrogen-bond donors (Lipinski definition) is 0. The Morgan fingerprint density at radius 3 is 1.52 bits per heavy atom. The summed E-state index contributed by atoms with van der Waals surface area (Å²) in [6.07, 6.45) is 2.00. The zero-order chi connectivity index (χ0) is 18.1. The fraction of sp³-hybridized carbons (Fsp3) is 0.333. The molecule has 0 bridgehead atoms. The lowest BCUT2D eigenvalue weighted by Gasteiger charge is -2.13. The van der Waals surface area contributed by atoms with E-state index in [1.807, 2.05) is 48.5 Å². The van der Waals surface area contributed by atoms with E-state index in [1.54, 1.807) is 0 Å². The van der Waals surface area contributed by atoms with Gasteiger partial charge in [-0.15, -0.1) is 0 Å². The van der Waals surface area contributed by atoms with Crippen LogP contribution in [0, 0.1) is 20.2 Å². The Hall–Kier alpha value is -2.96. The molecule has 0 unspecified atom stereocenters. The van der Waals surface area contributed by atoms with E-state index in [1.165, 1.54) is 0 Å². The van der Waals surface area contributed by atoms with Gasteiger partial charge in [-0.2, -0.15) is 0 Å². The van der Waals surface area contributed by atoms with Crippen molar-refractivity contribution in [3.8, 4) is 11.5 Å². The molecule has 7 nitrogen and oxygen atoms in total. The molecule has 132 valence electrons. The van der Waals surface area contributed by atoms with Crippen molar-refractivity contribution in [3.05, 3.63) is 79.9 Å². The fourth-order valence-electron chi connectivity index (χ4n) is 2.54. The van der Waals surface area contributed by atoms with Crippen molar-refractivity contribution in [1.29, 1.82) is 0 Å². The van der Waals surface area contributed by atoms with Crippen molar-refractivity contribution in [1.82, 2.24) is 0 Å². The molecule has 2 aromatic rings. The molecule has 25 heavy (non-hydrogen) atoms. The number of nitrogens with zero attached hydrogens (tertiary/aromatic N) is 2. The van der Waals surface area contributed by atoms with Crippen LogP contribution in [0.25, 0.3) is 0 Å². The first-order chi connectivity index (χ1) is 12.1. The van der Waals surface area contributed by atoms with Crippen LogP contribution in [0.2, 0.25) is 0 Å². The Bertz CT molecular complexity index is 671. The van der Waals surface area contributed by atoms with Crippen molar-refractivity contribution < 1.29 is 14.6 Å². The van der Waals surface area contributed by atoms with Gasteiger partial charge in [0.25, 0.3) is 0 Å². The maximum Gasteiger partial charge on any atom is 0.204 e. The minimum Gasteiger partial charge on any atom is -0.457 e. The molecule has 0 saturated carbocycles. The third-order valence-electron chi connectivity index (χ3n) is 3.74. The van der Waals surface area contributed by atoms with Crippen molar-refractivity contribution in [2.24, 2.45) is 0 Å².